The van der Waals surface area contributed by atoms with Gasteiger partial charge in [-0.05, 0) is 63.6 Å². The Morgan fingerprint density at radius 2 is 1.75 bits per heavy atom. The first-order valence-corrected chi connectivity index (χ1v) is 11.6. The Balaban J connectivity index is 1.94. The molecule has 4 rings (SSSR count). The summed E-state index contributed by atoms with van der Waals surface area (Å²) >= 11 is 0. The molecular weight excluding hydrogens is 422 g/mol. The Morgan fingerprint density at radius 1 is 1.03 bits per heavy atom. The van der Waals surface area contributed by atoms with Crippen molar-refractivity contribution in [2.45, 2.75) is 38.1 Å². The van der Waals surface area contributed by atoms with Gasteiger partial charge in [-0.15, -0.1) is 0 Å². The average molecular weight is 446 g/mol. The van der Waals surface area contributed by atoms with Crippen molar-refractivity contribution >= 4 is 21.1 Å². The van der Waals surface area contributed by atoms with Gasteiger partial charge in [0.05, 0.1) is 17.0 Å². The number of aromatic nitrogens is 3. The summed E-state index contributed by atoms with van der Waals surface area (Å²) in [4.78, 5) is 9.09. The molecule has 7 nitrogen and oxygen atoms in total. The van der Waals surface area contributed by atoms with Crippen molar-refractivity contribution < 1.29 is 8.42 Å². The molecule has 3 heterocycles. The van der Waals surface area contributed by atoms with E-state index in [0.717, 1.165) is 16.6 Å². The Hall–Kier alpha value is -3.54. The molecule has 0 unspecified atom stereocenters. The Labute approximate surface area is 187 Å². The van der Waals surface area contributed by atoms with Gasteiger partial charge in [0.2, 0.25) is 10.0 Å². The molecule has 0 saturated heterocycles. The molecule has 0 bridgehead atoms. The molecule has 4 aromatic rings. The standard InChI is InChI=1S/C24H23N5O2S/c1-16-12-19-20(13-25)22(29(23(19)27-14-16)17-8-6-5-7-9-17)21-11-10-18(15-26-21)32(30,31)28-24(2,3)4/h5-12,14-15,28H,1-4H3. The van der Waals surface area contributed by atoms with Crippen LogP contribution in [0.25, 0.3) is 28.1 Å². The number of nitrogens with one attached hydrogen (secondary N) is 1. The zero-order chi connectivity index (χ0) is 23.1. The highest BCUT2D eigenvalue weighted by atomic mass is 32.2. The summed E-state index contributed by atoms with van der Waals surface area (Å²) < 4.78 is 29.8. The fourth-order valence-corrected chi connectivity index (χ4v) is 4.96. The first-order valence-electron chi connectivity index (χ1n) is 10.1. The fraction of sp³-hybridized carbons (Fsp3) is 0.208. The molecule has 1 N–H and O–H groups in total. The minimum absolute atomic E-state index is 0.0611. The number of fused-ring (bicyclic) bond motifs is 1. The van der Waals surface area contributed by atoms with Crippen LogP contribution in [0.4, 0.5) is 0 Å². The molecule has 0 aliphatic heterocycles. The Kier molecular flexibility index (Phi) is 5.33. The molecule has 0 radical (unpaired) electrons. The van der Waals surface area contributed by atoms with Gasteiger partial charge in [0.15, 0.2) is 0 Å². The summed E-state index contributed by atoms with van der Waals surface area (Å²) in [6.45, 7) is 7.25. The van der Waals surface area contributed by atoms with E-state index in [0.29, 0.717) is 22.6 Å². The average Bonchev–Trinajstić information content (AvgIpc) is 3.06. The van der Waals surface area contributed by atoms with Crippen molar-refractivity contribution in [2.24, 2.45) is 0 Å². The molecule has 0 aliphatic carbocycles. The third-order valence-electron chi connectivity index (χ3n) is 4.80. The van der Waals surface area contributed by atoms with Gasteiger partial charge in [-0.2, -0.15) is 5.26 Å². The molecule has 0 fully saturated rings. The van der Waals surface area contributed by atoms with E-state index in [-0.39, 0.29) is 4.90 Å². The van der Waals surface area contributed by atoms with E-state index in [9.17, 15) is 13.7 Å². The predicted molar refractivity (Wildman–Crippen MR) is 124 cm³/mol. The van der Waals surface area contributed by atoms with Gasteiger partial charge in [0.1, 0.15) is 16.6 Å². The van der Waals surface area contributed by atoms with Crippen molar-refractivity contribution in [2.75, 3.05) is 0 Å². The lowest BCUT2D eigenvalue weighted by molar-refractivity contribution is 0.491. The molecule has 32 heavy (non-hydrogen) atoms. The zero-order valence-corrected chi connectivity index (χ0v) is 19.1. The van der Waals surface area contributed by atoms with Crippen molar-refractivity contribution in [1.29, 1.82) is 5.26 Å². The summed E-state index contributed by atoms with van der Waals surface area (Å²) in [6, 6.07) is 16.9. The zero-order valence-electron chi connectivity index (χ0n) is 18.3. The van der Waals surface area contributed by atoms with Gasteiger partial charge in [-0.3, -0.25) is 9.55 Å². The van der Waals surface area contributed by atoms with Gasteiger partial charge in [0.25, 0.3) is 0 Å². The van der Waals surface area contributed by atoms with Crippen molar-refractivity contribution in [3.8, 4) is 23.1 Å². The highest BCUT2D eigenvalue weighted by Gasteiger charge is 2.25. The van der Waals surface area contributed by atoms with Crippen LogP contribution in [0.5, 0.6) is 0 Å². The number of nitrogens with zero attached hydrogens (tertiary/aromatic N) is 4. The van der Waals surface area contributed by atoms with Crippen LogP contribution in [0.15, 0.2) is 65.8 Å². The Morgan fingerprint density at radius 3 is 2.34 bits per heavy atom. The van der Waals surface area contributed by atoms with Crippen molar-refractivity contribution in [1.82, 2.24) is 19.3 Å². The van der Waals surface area contributed by atoms with Crippen LogP contribution in [-0.2, 0) is 10.0 Å². The third-order valence-corrected chi connectivity index (χ3v) is 6.54. The van der Waals surface area contributed by atoms with E-state index in [1.165, 1.54) is 12.3 Å². The minimum Gasteiger partial charge on any atom is -0.291 e. The van der Waals surface area contributed by atoms with Crippen LogP contribution in [0.1, 0.15) is 31.9 Å². The predicted octanol–water partition coefficient (Wildman–Crippen LogP) is 4.34. The number of rotatable bonds is 4. The van der Waals surface area contributed by atoms with Crippen LogP contribution in [0.3, 0.4) is 0 Å². The van der Waals surface area contributed by atoms with Crippen LogP contribution >= 0.6 is 0 Å². The van der Waals surface area contributed by atoms with E-state index < -0.39 is 15.6 Å². The number of hydrogen-bond acceptors (Lipinski definition) is 5. The topological polar surface area (TPSA) is 101 Å². The lowest BCUT2D eigenvalue weighted by Gasteiger charge is -2.20. The molecule has 0 saturated carbocycles. The van der Waals surface area contributed by atoms with Crippen LogP contribution in [-0.4, -0.2) is 28.5 Å². The Bertz CT molecular complexity index is 1440. The number of sulfonamides is 1. The summed E-state index contributed by atoms with van der Waals surface area (Å²) in [5.74, 6) is 0. The van der Waals surface area contributed by atoms with E-state index in [4.69, 9.17) is 0 Å². The maximum atomic E-state index is 12.7. The lowest BCUT2D eigenvalue weighted by Crippen LogP contribution is -2.40. The highest BCUT2D eigenvalue weighted by molar-refractivity contribution is 7.89. The van der Waals surface area contributed by atoms with Crippen LogP contribution in [0, 0.1) is 18.3 Å². The SMILES string of the molecule is Cc1cnc2c(c1)c(C#N)c(-c1ccc(S(=O)(=O)NC(C)(C)C)cn1)n2-c1ccccc1. The molecule has 3 aromatic heterocycles. The largest absolute Gasteiger partial charge is 0.291 e. The third kappa shape index (κ3) is 4.00. The van der Waals surface area contributed by atoms with E-state index >= 15 is 0 Å². The number of para-hydroxylation sites is 1. The number of pyridine rings is 2. The molecule has 0 aliphatic rings. The lowest BCUT2D eigenvalue weighted by atomic mass is 10.1. The molecule has 8 heteroatoms. The number of hydrogen-bond donors (Lipinski definition) is 1. The second-order valence-corrected chi connectivity index (χ2v) is 10.3. The fourth-order valence-electron chi connectivity index (χ4n) is 3.60. The normalized spacial score (nSPS) is 12.1. The first-order chi connectivity index (χ1) is 15.1. The van der Waals surface area contributed by atoms with Gasteiger partial charge in [0, 0.05) is 29.0 Å². The smallest absolute Gasteiger partial charge is 0.242 e. The quantitative estimate of drug-likeness (QED) is 0.503. The summed E-state index contributed by atoms with van der Waals surface area (Å²) in [5.41, 5.74) is 3.29. The summed E-state index contributed by atoms with van der Waals surface area (Å²) in [6.07, 6.45) is 3.07. The maximum Gasteiger partial charge on any atom is 0.242 e. The molecule has 0 atom stereocenters. The molecule has 0 amide bonds. The van der Waals surface area contributed by atoms with Gasteiger partial charge < -0.3 is 0 Å². The summed E-state index contributed by atoms with van der Waals surface area (Å²) in [5, 5.41) is 10.7. The van der Waals surface area contributed by atoms with Crippen LogP contribution < -0.4 is 4.72 Å². The molecular formula is C24H23N5O2S. The summed E-state index contributed by atoms with van der Waals surface area (Å²) in [7, 11) is -3.72. The van der Waals surface area contributed by atoms with Gasteiger partial charge in [-0.1, -0.05) is 18.2 Å². The maximum absolute atomic E-state index is 12.7. The van der Waals surface area contributed by atoms with Crippen LogP contribution in [0.2, 0.25) is 0 Å². The van der Waals surface area contributed by atoms with E-state index in [1.54, 1.807) is 33.0 Å². The highest BCUT2D eigenvalue weighted by Crippen LogP contribution is 2.35. The molecule has 0 spiro atoms. The number of benzene rings is 1. The number of nitriles is 1. The monoisotopic (exact) mass is 445 g/mol. The van der Waals surface area contributed by atoms with E-state index in [1.807, 2.05) is 47.9 Å². The molecule has 1 aromatic carbocycles. The number of aryl methyl sites for hydroxylation is 1. The van der Waals surface area contributed by atoms with E-state index in [2.05, 4.69) is 20.8 Å². The van der Waals surface area contributed by atoms with Gasteiger partial charge >= 0.3 is 0 Å². The second kappa shape index (κ2) is 7.86. The first kappa shape index (κ1) is 21.7. The minimum atomic E-state index is -3.72. The van der Waals surface area contributed by atoms with Gasteiger partial charge in [-0.25, -0.2) is 18.1 Å². The van der Waals surface area contributed by atoms with Crippen molar-refractivity contribution in [3.63, 3.8) is 0 Å². The second-order valence-electron chi connectivity index (χ2n) is 8.62. The van der Waals surface area contributed by atoms with Crippen molar-refractivity contribution in [3.05, 3.63) is 72.1 Å². The molecule has 162 valence electrons.